The number of rotatable bonds is 6. The number of hydrogen-bond donors (Lipinski definition) is 0. The van der Waals surface area contributed by atoms with Crippen LogP contribution in [-0.2, 0) is 0 Å². The second-order valence-corrected chi connectivity index (χ2v) is 4.75. The van der Waals surface area contributed by atoms with Gasteiger partial charge in [-0.3, -0.25) is 0 Å². The van der Waals surface area contributed by atoms with Gasteiger partial charge in [-0.25, -0.2) is 0 Å². The molecule has 0 bridgehead atoms. The summed E-state index contributed by atoms with van der Waals surface area (Å²) in [7, 11) is 2.39. The van der Waals surface area contributed by atoms with E-state index in [1.165, 1.54) is 30.3 Å². The number of unbranched alkanes of at least 4 members (excludes halogenated alkanes) is 1. The van der Waals surface area contributed by atoms with Crippen molar-refractivity contribution in [3.8, 4) is 0 Å². The zero-order valence-electron chi connectivity index (χ0n) is 10.4. The molecule has 80 valence electrons. The van der Waals surface area contributed by atoms with Gasteiger partial charge in [0.1, 0.15) is 0 Å². The first kappa shape index (κ1) is 13.0. The summed E-state index contributed by atoms with van der Waals surface area (Å²) >= 11 is 0. The first-order valence-corrected chi connectivity index (χ1v) is 5.83. The van der Waals surface area contributed by atoms with E-state index in [-0.39, 0.29) is 0 Å². The van der Waals surface area contributed by atoms with Crippen LogP contribution in [0.4, 0.5) is 0 Å². The molecule has 0 aliphatic heterocycles. The molecule has 0 saturated carbocycles. The van der Waals surface area contributed by atoms with Gasteiger partial charge in [0.2, 0.25) is 0 Å². The second-order valence-electron chi connectivity index (χ2n) is 4.75. The minimum Gasteiger partial charge on any atom is -0.322 e. The Morgan fingerprint density at radius 1 is 1.08 bits per heavy atom. The van der Waals surface area contributed by atoms with E-state index in [1.807, 2.05) is 0 Å². The highest BCUT2D eigenvalue weighted by molar-refractivity contribution is 4.55. The molecule has 0 heterocycles. The summed E-state index contributed by atoms with van der Waals surface area (Å²) in [4.78, 5) is 0. The summed E-state index contributed by atoms with van der Waals surface area (Å²) in [5, 5.41) is 0. The molecular weight excluding hydrogens is 158 g/mol. The Hall–Kier alpha value is -0.0400. The van der Waals surface area contributed by atoms with Crippen molar-refractivity contribution < 1.29 is 4.48 Å². The highest BCUT2D eigenvalue weighted by atomic mass is 15.4. The Balaban J connectivity index is 4.20. The van der Waals surface area contributed by atoms with Crippen LogP contribution in [0.25, 0.3) is 0 Å². The van der Waals surface area contributed by atoms with Crippen molar-refractivity contribution in [3.63, 3.8) is 0 Å². The standard InChI is InChI=1S/C12H28N/c1-7-9-10-12(5)13(6,8-2)11(3)4/h11-12H,7-10H2,1-6H3/q+1. The van der Waals surface area contributed by atoms with E-state index < -0.39 is 0 Å². The van der Waals surface area contributed by atoms with Crippen LogP contribution < -0.4 is 0 Å². The average molecular weight is 186 g/mol. The van der Waals surface area contributed by atoms with Gasteiger partial charge in [0.05, 0.1) is 25.7 Å². The van der Waals surface area contributed by atoms with E-state index in [0.29, 0.717) is 0 Å². The second kappa shape index (κ2) is 5.64. The SMILES string of the molecule is CCCCC(C)[N+](C)(CC)C(C)C. The van der Waals surface area contributed by atoms with Crippen molar-refractivity contribution >= 4 is 0 Å². The van der Waals surface area contributed by atoms with Gasteiger partial charge in [0.15, 0.2) is 0 Å². The van der Waals surface area contributed by atoms with Crippen molar-refractivity contribution in [2.45, 2.75) is 66.0 Å². The van der Waals surface area contributed by atoms with Crippen molar-refractivity contribution in [1.29, 1.82) is 0 Å². The highest BCUT2D eigenvalue weighted by Crippen LogP contribution is 2.19. The summed E-state index contributed by atoms with van der Waals surface area (Å²) in [5.41, 5.74) is 0. The van der Waals surface area contributed by atoms with Crippen LogP contribution in [-0.4, -0.2) is 30.2 Å². The van der Waals surface area contributed by atoms with Gasteiger partial charge < -0.3 is 4.48 Å². The maximum absolute atomic E-state index is 2.40. The number of nitrogens with zero attached hydrogens (tertiary/aromatic N) is 1. The number of hydrogen-bond acceptors (Lipinski definition) is 0. The predicted octanol–water partition coefficient (Wildman–Crippen LogP) is 3.44. The van der Waals surface area contributed by atoms with Gasteiger partial charge in [-0.05, 0) is 40.5 Å². The summed E-state index contributed by atoms with van der Waals surface area (Å²) in [6.07, 6.45) is 4.08. The number of quaternary nitrogens is 1. The molecule has 1 nitrogen and oxygen atoms in total. The predicted molar refractivity (Wildman–Crippen MR) is 60.8 cm³/mol. The highest BCUT2D eigenvalue weighted by Gasteiger charge is 2.29. The maximum Gasteiger partial charge on any atom is 0.0861 e. The molecule has 0 aromatic carbocycles. The fraction of sp³-hybridized carbons (Fsp3) is 1.00. The van der Waals surface area contributed by atoms with E-state index in [2.05, 4.69) is 41.7 Å². The molecule has 0 aromatic heterocycles. The first-order chi connectivity index (χ1) is 5.99. The maximum atomic E-state index is 2.40. The largest absolute Gasteiger partial charge is 0.322 e. The molecule has 2 unspecified atom stereocenters. The van der Waals surface area contributed by atoms with Gasteiger partial charge in [0.25, 0.3) is 0 Å². The lowest BCUT2D eigenvalue weighted by Crippen LogP contribution is -2.55. The van der Waals surface area contributed by atoms with Crippen LogP contribution in [0.5, 0.6) is 0 Å². The van der Waals surface area contributed by atoms with Crippen LogP contribution in [0.3, 0.4) is 0 Å². The smallest absolute Gasteiger partial charge is 0.0861 e. The average Bonchev–Trinajstić information content (AvgIpc) is 2.12. The van der Waals surface area contributed by atoms with Crippen LogP contribution in [0.2, 0.25) is 0 Å². The van der Waals surface area contributed by atoms with Crippen LogP contribution in [0, 0.1) is 0 Å². The first-order valence-electron chi connectivity index (χ1n) is 5.83. The molecular formula is C12H28N+. The van der Waals surface area contributed by atoms with Gasteiger partial charge in [-0.1, -0.05) is 13.3 Å². The van der Waals surface area contributed by atoms with Crippen molar-refractivity contribution in [2.24, 2.45) is 0 Å². The third-order valence-corrected chi connectivity index (χ3v) is 3.84. The molecule has 0 aliphatic carbocycles. The van der Waals surface area contributed by atoms with E-state index >= 15 is 0 Å². The molecule has 0 rings (SSSR count). The van der Waals surface area contributed by atoms with Crippen molar-refractivity contribution in [3.05, 3.63) is 0 Å². The topological polar surface area (TPSA) is 0 Å². The van der Waals surface area contributed by atoms with Gasteiger partial charge in [-0.15, -0.1) is 0 Å². The Kier molecular flexibility index (Phi) is 5.62. The third-order valence-electron chi connectivity index (χ3n) is 3.84. The van der Waals surface area contributed by atoms with Crippen molar-refractivity contribution in [2.75, 3.05) is 13.6 Å². The van der Waals surface area contributed by atoms with E-state index in [0.717, 1.165) is 12.1 Å². The molecule has 0 aliphatic rings. The summed E-state index contributed by atoms with van der Waals surface area (Å²) < 4.78 is 1.22. The third kappa shape index (κ3) is 3.30. The van der Waals surface area contributed by atoms with Crippen LogP contribution >= 0.6 is 0 Å². The Labute approximate surface area is 84.7 Å². The Morgan fingerprint density at radius 3 is 1.92 bits per heavy atom. The minimum atomic E-state index is 0.747. The lowest BCUT2D eigenvalue weighted by molar-refractivity contribution is -0.949. The molecule has 13 heavy (non-hydrogen) atoms. The Bertz CT molecular complexity index is 131. The fourth-order valence-corrected chi connectivity index (χ4v) is 1.98. The molecule has 0 saturated heterocycles. The van der Waals surface area contributed by atoms with Gasteiger partial charge in [0, 0.05) is 0 Å². The van der Waals surface area contributed by atoms with Crippen LogP contribution in [0.1, 0.15) is 53.9 Å². The Morgan fingerprint density at radius 2 is 1.62 bits per heavy atom. The molecule has 1 heteroatoms. The van der Waals surface area contributed by atoms with Gasteiger partial charge in [-0.2, -0.15) is 0 Å². The molecule has 0 amide bonds. The molecule has 0 spiro atoms. The normalized spacial score (nSPS) is 18.7. The summed E-state index contributed by atoms with van der Waals surface area (Å²) in [5.74, 6) is 0. The van der Waals surface area contributed by atoms with Crippen LogP contribution in [0.15, 0.2) is 0 Å². The zero-order chi connectivity index (χ0) is 10.5. The van der Waals surface area contributed by atoms with Crippen molar-refractivity contribution in [1.82, 2.24) is 0 Å². The zero-order valence-corrected chi connectivity index (χ0v) is 10.4. The van der Waals surface area contributed by atoms with Gasteiger partial charge >= 0.3 is 0 Å². The minimum absolute atomic E-state index is 0.747. The lowest BCUT2D eigenvalue weighted by atomic mass is 10.1. The molecule has 2 atom stereocenters. The monoisotopic (exact) mass is 186 g/mol. The molecule has 0 fully saturated rings. The van der Waals surface area contributed by atoms with E-state index in [4.69, 9.17) is 0 Å². The van der Waals surface area contributed by atoms with E-state index in [1.54, 1.807) is 0 Å². The summed E-state index contributed by atoms with van der Waals surface area (Å²) in [6, 6.07) is 1.56. The summed E-state index contributed by atoms with van der Waals surface area (Å²) in [6.45, 7) is 12.9. The lowest BCUT2D eigenvalue weighted by Gasteiger charge is -2.43. The quantitative estimate of drug-likeness (QED) is 0.557. The van der Waals surface area contributed by atoms with E-state index in [9.17, 15) is 0 Å². The molecule has 0 aromatic rings. The molecule has 0 radical (unpaired) electrons. The fourth-order valence-electron chi connectivity index (χ4n) is 1.98. The molecule has 0 N–H and O–H groups in total.